The number of fused-ring (bicyclic) bond motifs is 5. The van der Waals surface area contributed by atoms with E-state index in [0.717, 1.165) is 51.2 Å². The van der Waals surface area contributed by atoms with Crippen molar-refractivity contribution < 1.29 is 14.9 Å². The molecule has 0 aromatic carbocycles. The van der Waals surface area contributed by atoms with E-state index >= 15 is 0 Å². The van der Waals surface area contributed by atoms with Crippen LogP contribution in [0.2, 0.25) is 0 Å². The van der Waals surface area contributed by atoms with Gasteiger partial charge in [-0.1, -0.05) is 13.8 Å². The number of likely N-dealkylation sites (N-methyl/N-ethyl adjacent to an activating group) is 1. The lowest BCUT2D eigenvalue weighted by Crippen LogP contribution is -2.58. The van der Waals surface area contributed by atoms with E-state index in [0.29, 0.717) is 23.9 Å². The zero-order valence-electron chi connectivity index (χ0n) is 17.9. The van der Waals surface area contributed by atoms with Crippen LogP contribution in [0.1, 0.15) is 65.2 Å². The van der Waals surface area contributed by atoms with Crippen molar-refractivity contribution in [2.75, 3.05) is 27.2 Å². The standard InChI is InChI=1S/C23H41NO3/c1-22-9-7-15(27-12-11-24(3)4)13-19(22)20(25)14-16-17-5-6-21(26)23(17,2)10-8-18(16)22/h15-21,25-26H,5-14H2,1-4H3/t15-,16-,17-,18-,19+,20-,21-,22+,23-/m0/s1. The van der Waals surface area contributed by atoms with Gasteiger partial charge in [-0.15, -0.1) is 0 Å². The third-order valence-corrected chi connectivity index (χ3v) is 9.47. The minimum Gasteiger partial charge on any atom is -0.393 e. The maximum atomic E-state index is 11.2. The smallest absolute Gasteiger partial charge is 0.0596 e. The van der Waals surface area contributed by atoms with Crippen molar-refractivity contribution in [2.45, 2.75) is 83.5 Å². The molecule has 4 heteroatoms. The predicted octanol–water partition coefficient (Wildman–Crippen LogP) is 3.31. The third-order valence-electron chi connectivity index (χ3n) is 9.47. The zero-order valence-corrected chi connectivity index (χ0v) is 17.9. The average Bonchev–Trinajstić information content (AvgIpc) is 2.91. The molecule has 0 unspecified atom stereocenters. The van der Waals surface area contributed by atoms with Crippen LogP contribution >= 0.6 is 0 Å². The number of nitrogens with zero attached hydrogens (tertiary/aromatic N) is 1. The van der Waals surface area contributed by atoms with E-state index in [2.05, 4.69) is 32.8 Å². The zero-order chi connectivity index (χ0) is 19.4. The summed E-state index contributed by atoms with van der Waals surface area (Å²) in [6, 6.07) is 0. The van der Waals surface area contributed by atoms with Gasteiger partial charge in [0, 0.05) is 6.54 Å². The number of rotatable bonds is 4. The number of aliphatic hydroxyl groups is 2. The summed E-state index contributed by atoms with van der Waals surface area (Å²) in [7, 11) is 4.17. The molecule has 4 saturated carbocycles. The van der Waals surface area contributed by atoms with Gasteiger partial charge >= 0.3 is 0 Å². The van der Waals surface area contributed by atoms with Crippen molar-refractivity contribution in [1.82, 2.24) is 4.90 Å². The molecule has 0 heterocycles. The summed E-state index contributed by atoms with van der Waals surface area (Å²) in [4.78, 5) is 2.17. The van der Waals surface area contributed by atoms with Gasteiger partial charge in [0.25, 0.3) is 0 Å². The first-order chi connectivity index (χ1) is 12.8. The molecule has 4 rings (SSSR count). The largest absolute Gasteiger partial charge is 0.393 e. The highest BCUT2D eigenvalue weighted by atomic mass is 16.5. The van der Waals surface area contributed by atoms with Crippen LogP contribution in [0.25, 0.3) is 0 Å². The Balaban J connectivity index is 1.47. The predicted molar refractivity (Wildman–Crippen MR) is 107 cm³/mol. The van der Waals surface area contributed by atoms with Crippen LogP contribution in [-0.4, -0.2) is 60.7 Å². The molecular weight excluding hydrogens is 338 g/mol. The van der Waals surface area contributed by atoms with E-state index < -0.39 is 0 Å². The molecule has 0 spiro atoms. The van der Waals surface area contributed by atoms with Gasteiger partial charge in [-0.25, -0.2) is 0 Å². The van der Waals surface area contributed by atoms with Gasteiger partial charge < -0.3 is 19.8 Å². The summed E-state index contributed by atoms with van der Waals surface area (Å²) in [5, 5.41) is 21.8. The SMILES string of the molecule is CN(C)CCO[C@H]1CC[C@@]2(C)[C@H](C1)[C@@H](O)C[C@@H]1[C@@H]2CC[C@]2(C)[C@@H](O)CC[C@@H]12. The second kappa shape index (κ2) is 7.27. The quantitative estimate of drug-likeness (QED) is 0.787. The summed E-state index contributed by atoms with van der Waals surface area (Å²) in [5.74, 6) is 2.31. The Kier molecular flexibility index (Phi) is 5.42. The van der Waals surface area contributed by atoms with E-state index in [1.807, 2.05) is 0 Å². The maximum Gasteiger partial charge on any atom is 0.0596 e. The first-order valence-electron chi connectivity index (χ1n) is 11.4. The van der Waals surface area contributed by atoms with Gasteiger partial charge in [-0.3, -0.25) is 0 Å². The minimum absolute atomic E-state index is 0.0938. The molecule has 0 bridgehead atoms. The van der Waals surface area contributed by atoms with Gasteiger partial charge in [0.2, 0.25) is 0 Å². The fourth-order valence-corrected chi connectivity index (χ4v) is 7.79. The van der Waals surface area contributed by atoms with E-state index in [4.69, 9.17) is 4.74 Å². The number of ether oxygens (including phenoxy) is 1. The Morgan fingerprint density at radius 2 is 1.59 bits per heavy atom. The number of hydrogen-bond donors (Lipinski definition) is 2. The molecule has 9 atom stereocenters. The molecule has 4 aliphatic carbocycles. The second-order valence-electron chi connectivity index (χ2n) is 11.0. The monoisotopic (exact) mass is 379 g/mol. The van der Waals surface area contributed by atoms with Crippen molar-refractivity contribution >= 4 is 0 Å². The highest BCUT2D eigenvalue weighted by molar-refractivity contribution is 5.11. The molecule has 0 amide bonds. The number of hydrogen-bond acceptors (Lipinski definition) is 4. The molecule has 0 aromatic heterocycles. The van der Waals surface area contributed by atoms with Crippen molar-refractivity contribution in [3.63, 3.8) is 0 Å². The molecule has 0 saturated heterocycles. The first kappa shape index (κ1) is 20.1. The van der Waals surface area contributed by atoms with E-state index in [1.165, 1.54) is 19.3 Å². The van der Waals surface area contributed by atoms with Crippen molar-refractivity contribution in [3.05, 3.63) is 0 Å². The Morgan fingerprint density at radius 3 is 2.33 bits per heavy atom. The van der Waals surface area contributed by atoms with Crippen LogP contribution in [0.15, 0.2) is 0 Å². The van der Waals surface area contributed by atoms with E-state index in [-0.39, 0.29) is 23.0 Å². The highest BCUT2D eigenvalue weighted by Gasteiger charge is 2.62. The Hall–Kier alpha value is -0.160. The highest BCUT2D eigenvalue weighted by Crippen LogP contribution is 2.66. The third kappa shape index (κ3) is 3.29. The molecule has 0 radical (unpaired) electrons. The van der Waals surface area contributed by atoms with Crippen molar-refractivity contribution in [2.24, 2.45) is 34.5 Å². The molecular formula is C23H41NO3. The van der Waals surface area contributed by atoms with Gasteiger partial charge in [0.1, 0.15) is 0 Å². The van der Waals surface area contributed by atoms with Crippen LogP contribution in [-0.2, 0) is 4.74 Å². The molecule has 4 aliphatic rings. The molecule has 156 valence electrons. The van der Waals surface area contributed by atoms with Crippen molar-refractivity contribution in [1.29, 1.82) is 0 Å². The minimum atomic E-state index is -0.198. The normalized spacial score (nSPS) is 52.3. The Bertz CT molecular complexity index is 540. The number of aliphatic hydroxyl groups excluding tert-OH is 2. The summed E-state index contributed by atoms with van der Waals surface area (Å²) in [5.41, 5.74) is 0.342. The fourth-order valence-electron chi connectivity index (χ4n) is 7.79. The van der Waals surface area contributed by atoms with Gasteiger partial charge in [-0.2, -0.15) is 0 Å². The summed E-state index contributed by atoms with van der Waals surface area (Å²) >= 11 is 0. The van der Waals surface area contributed by atoms with Gasteiger partial charge in [0.15, 0.2) is 0 Å². The molecule has 0 aliphatic heterocycles. The average molecular weight is 380 g/mol. The van der Waals surface area contributed by atoms with E-state index in [9.17, 15) is 10.2 Å². The van der Waals surface area contributed by atoms with Crippen LogP contribution in [0.5, 0.6) is 0 Å². The molecule has 2 N–H and O–H groups in total. The van der Waals surface area contributed by atoms with Gasteiger partial charge in [-0.05, 0) is 100.0 Å². The molecule has 4 fully saturated rings. The lowest BCUT2D eigenvalue weighted by molar-refractivity contribution is -0.179. The second-order valence-corrected chi connectivity index (χ2v) is 11.0. The van der Waals surface area contributed by atoms with Crippen LogP contribution in [0.4, 0.5) is 0 Å². The summed E-state index contributed by atoms with van der Waals surface area (Å²) in [6.45, 7) is 6.56. The van der Waals surface area contributed by atoms with Crippen LogP contribution in [0, 0.1) is 34.5 Å². The fraction of sp³-hybridized carbons (Fsp3) is 1.00. The van der Waals surface area contributed by atoms with E-state index in [1.54, 1.807) is 0 Å². The van der Waals surface area contributed by atoms with Crippen molar-refractivity contribution in [3.8, 4) is 0 Å². The lowest BCUT2D eigenvalue weighted by Gasteiger charge is -2.62. The summed E-state index contributed by atoms with van der Waals surface area (Å²) < 4.78 is 6.19. The lowest BCUT2D eigenvalue weighted by atomic mass is 9.44. The Labute approximate surface area is 165 Å². The van der Waals surface area contributed by atoms with Crippen LogP contribution < -0.4 is 0 Å². The van der Waals surface area contributed by atoms with Crippen LogP contribution in [0.3, 0.4) is 0 Å². The maximum absolute atomic E-state index is 11.2. The molecule has 27 heavy (non-hydrogen) atoms. The van der Waals surface area contributed by atoms with Gasteiger partial charge in [0.05, 0.1) is 24.9 Å². The molecule has 4 nitrogen and oxygen atoms in total. The summed E-state index contributed by atoms with van der Waals surface area (Å²) in [6.07, 6.45) is 8.81. The Morgan fingerprint density at radius 1 is 0.889 bits per heavy atom. The topological polar surface area (TPSA) is 52.9 Å². The first-order valence-corrected chi connectivity index (χ1v) is 11.4. The molecule has 0 aromatic rings.